The molecule has 30 heavy (non-hydrogen) atoms. The van der Waals surface area contributed by atoms with Crippen molar-refractivity contribution in [1.29, 1.82) is 0 Å². The number of benzene rings is 3. The molecule has 0 spiro atoms. The summed E-state index contributed by atoms with van der Waals surface area (Å²) in [6.07, 6.45) is 0.987. The van der Waals surface area contributed by atoms with E-state index in [-0.39, 0.29) is 5.69 Å². The van der Waals surface area contributed by atoms with Gasteiger partial charge in [-0.2, -0.15) is 0 Å². The molecule has 1 unspecified atom stereocenters. The first-order valence-electron chi connectivity index (χ1n) is 9.38. The number of hydrogen-bond donors (Lipinski definition) is 1. The van der Waals surface area contributed by atoms with E-state index in [1.165, 1.54) is 18.2 Å². The molecule has 3 aromatic carbocycles. The number of hydrogen-bond acceptors (Lipinski definition) is 3. The van der Waals surface area contributed by atoms with Gasteiger partial charge >= 0.3 is 0 Å². The van der Waals surface area contributed by atoms with Gasteiger partial charge < -0.3 is 5.32 Å². The van der Waals surface area contributed by atoms with E-state index in [1.807, 2.05) is 61.5 Å². The highest BCUT2D eigenvalue weighted by Gasteiger charge is 2.24. The average molecular weight is 427 g/mol. The molecule has 0 saturated carbocycles. The molecule has 5 nitrogen and oxygen atoms in total. The zero-order valence-corrected chi connectivity index (χ0v) is 17.6. The predicted molar refractivity (Wildman–Crippen MR) is 116 cm³/mol. The van der Waals surface area contributed by atoms with Crippen LogP contribution in [0.1, 0.15) is 22.7 Å². The summed E-state index contributed by atoms with van der Waals surface area (Å²) in [7, 11) is -3.80. The Kier molecular flexibility index (Phi) is 6.52. The van der Waals surface area contributed by atoms with E-state index in [0.717, 1.165) is 33.3 Å². The third kappa shape index (κ3) is 5.45. The number of rotatable bonds is 7. The maximum atomic E-state index is 13.6. The molecule has 3 rings (SSSR count). The van der Waals surface area contributed by atoms with Gasteiger partial charge in [0.05, 0.1) is 18.0 Å². The zero-order chi connectivity index (χ0) is 21.7. The number of aryl methyl sites for hydroxylation is 1. The minimum Gasteiger partial charge on any atom is -0.344 e. The highest BCUT2D eigenvalue weighted by Crippen LogP contribution is 2.24. The molecule has 1 N–H and O–H groups in total. The second-order valence-corrected chi connectivity index (χ2v) is 8.98. The molecule has 0 aliphatic rings. The molecule has 0 aromatic heterocycles. The summed E-state index contributed by atoms with van der Waals surface area (Å²) in [4.78, 5) is 12.9. The zero-order valence-electron chi connectivity index (χ0n) is 16.7. The molecule has 3 aromatic rings. The quantitative estimate of drug-likeness (QED) is 0.625. The number of nitrogens with zero attached hydrogens (tertiary/aromatic N) is 1. The SMILES string of the molecule is Cc1cccc(C(NC(=O)CN(c2cccc(F)c2)S(C)(=O)=O)c2ccccc2)c1. The van der Waals surface area contributed by atoms with E-state index in [4.69, 9.17) is 0 Å². The lowest BCUT2D eigenvalue weighted by Gasteiger charge is -2.25. The van der Waals surface area contributed by atoms with Crippen LogP contribution in [-0.4, -0.2) is 27.1 Å². The smallest absolute Gasteiger partial charge is 0.241 e. The Balaban J connectivity index is 1.89. The minimum atomic E-state index is -3.80. The Hall–Kier alpha value is -3.19. The van der Waals surface area contributed by atoms with E-state index in [0.29, 0.717) is 0 Å². The summed E-state index contributed by atoms with van der Waals surface area (Å²) in [6.45, 7) is 1.50. The second-order valence-electron chi connectivity index (χ2n) is 7.07. The molecule has 156 valence electrons. The second kappa shape index (κ2) is 9.09. The van der Waals surface area contributed by atoms with Crippen molar-refractivity contribution in [2.75, 3.05) is 17.1 Å². The topological polar surface area (TPSA) is 66.5 Å². The van der Waals surface area contributed by atoms with Gasteiger partial charge in [0.1, 0.15) is 12.4 Å². The third-order valence-corrected chi connectivity index (χ3v) is 5.74. The number of carbonyl (C=O) groups is 1. The van der Waals surface area contributed by atoms with Gasteiger partial charge in [0.25, 0.3) is 0 Å². The fourth-order valence-corrected chi connectivity index (χ4v) is 4.07. The Labute approximate surface area is 176 Å². The molecule has 0 radical (unpaired) electrons. The van der Waals surface area contributed by atoms with E-state index in [9.17, 15) is 17.6 Å². The van der Waals surface area contributed by atoms with Crippen LogP contribution in [0.4, 0.5) is 10.1 Å². The lowest BCUT2D eigenvalue weighted by Crippen LogP contribution is -2.41. The number of halogens is 1. The summed E-state index contributed by atoms with van der Waals surface area (Å²) in [5, 5.41) is 2.92. The van der Waals surface area contributed by atoms with Gasteiger partial charge in [0, 0.05) is 0 Å². The fraction of sp³-hybridized carbons (Fsp3) is 0.174. The van der Waals surface area contributed by atoms with Crippen LogP contribution in [0.25, 0.3) is 0 Å². The van der Waals surface area contributed by atoms with Crippen molar-refractivity contribution in [3.8, 4) is 0 Å². The van der Waals surface area contributed by atoms with Gasteiger partial charge in [-0.1, -0.05) is 66.2 Å². The highest BCUT2D eigenvalue weighted by atomic mass is 32.2. The van der Waals surface area contributed by atoms with Crippen LogP contribution in [0.15, 0.2) is 78.9 Å². The summed E-state index contributed by atoms with van der Waals surface area (Å²) in [6, 6.07) is 21.9. The summed E-state index contributed by atoms with van der Waals surface area (Å²) >= 11 is 0. The van der Waals surface area contributed by atoms with Crippen LogP contribution in [-0.2, 0) is 14.8 Å². The Morgan fingerprint density at radius 1 is 0.967 bits per heavy atom. The van der Waals surface area contributed by atoms with E-state index < -0.39 is 34.3 Å². The van der Waals surface area contributed by atoms with Gasteiger partial charge in [-0.05, 0) is 36.2 Å². The van der Waals surface area contributed by atoms with Gasteiger partial charge in [-0.25, -0.2) is 12.8 Å². The molecule has 7 heteroatoms. The van der Waals surface area contributed by atoms with Gasteiger partial charge in [0.2, 0.25) is 15.9 Å². The van der Waals surface area contributed by atoms with Crippen LogP contribution in [0.3, 0.4) is 0 Å². The van der Waals surface area contributed by atoms with Crippen LogP contribution in [0.5, 0.6) is 0 Å². The maximum absolute atomic E-state index is 13.6. The van der Waals surface area contributed by atoms with Crippen molar-refractivity contribution in [3.63, 3.8) is 0 Å². The first-order valence-corrected chi connectivity index (χ1v) is 11.2. The number of anilines is 1. The average Bonchev–Trinajstić information content (AvgIpc) is 2.70. The Morgan fingerprint density at radius 2 is 1.63 bits per heavy atom. The fourth-order valence-electron chi connectivity index (χ4n) is 3.22. The van der Waals surface area contributed by atoms with Crippen molar-refractivity contribution in [2.45, 2.75) is 13.0 Å². The van der Waals surface area contributed by atoms with Crippen LogP contribution < -0.4 is 9.62 Å². The molecular formula is C23H23FN2O3S. The van der Waals surface area contributed by atoms with Crippen molar-refractivity contribution < 1.29 is 17.6 Å². The summed E-state index contributed by atoms with van der Waals surface area (Å²) in [5.41, 5.74) is 2.89. The van der Waals surface area contributed by atoms with Crippen LogP contribution >= 0.6 is 0 Å². The third-order valence-electron chi connectivity index (χ3n) is 4.60. The number of carbonyl (C=O) groups excluding carboxylic acids is 1. The maximum Gasteiger partial charge on any atom is 0.241 e. The largest absolute Gasteiger partial charge is 0.344 e. The molecular weight excluding hydrogens is 403 g/mol. The molecule has 0 bridgehead atoms. The van der Waals surface area contributed by atoms with Gasteiger partial charge in [-0.3, -0.25) is 9.10 Å². The number of sulfonamides is 1. The van der Waals surface area contributed by atoms with Gasteiger partial charge in [-0.15, -0.1) is 0 Å². The normalized spacial score (nSPS) is 12.2. The van der Waals surface area contributed by atoms with Crippen molar-refractivity contribution in [3.05, 3.63) is 101 Å². The van der Waals surface area contributed by atoms with Crippen molar-refractivity contribution in [2.24, 2.45) is 0 Å². The number of nitrogens with one attached hydrogen (secondary N) is 1. The standard InChI is InChI=1S/C23H23FN2O3S/c1-17-8-6-11-19(14-17)23(18-9-4-3-5-10-18)25-22(27)16-26(30(2,28)29)21-13-7-12-20(24)15-21/h3-15,23H,16H2,1-2H3,(H,25,27). The van der Waals surface area contributed by atoms with E-state index in [2.05, 4.69) is 5.32 Å². The van der Waals surface area contributed by atoms with Crippen molar-refractivity contribution >= 4 is 21.6 Å². The summed E-state index contributed by atoms with van der Waals surface area (Å²) in [5.74, 6) is -1.08. The minimum absolute atomic E-state index is 0.0967. The Bertz CT molecular complexity index is 1130. The van der Waals surface area contributed by atoms with E-state index in [1.54, 1.807) is 0 Å². The molecule has 0 heterocycles. The first-order chi connectivity index (χ1) is 14.2. The monoisotopic (exact) mass is 426 g/mol. The van der Waals surface area contributed by atoms with Crippen LogP contribution in [0, 0.1) is 12.7 Å². The van der Waals surface area contributed by atoms with E-state index >= 15 is 0 Å². The molecule has 0 fully saturated rings. The molecule has 1 amide bonds. The van der Waals surface area contributed by atoms with Gasteiger partial charge in [0.15, 0.2) is 0 Å². The molecule has 0 aliphatic heterocycles. The lowest BCUT2D eigenvalue weighted by molar-refractivity contribution is -0.120. The summed E-state index contributed by atoms with van der Waals surface area (Å²) < 4.78 is 39.1. The highest BCUT2D eigenvalue weighted by molar-refractivity contribution is 7.92. The molecule has 0 saturated heterocycles. The van der Waals surface area contributed by atoms with Crippen molar-refractivity contribution in [1.82, 2.24) is 5.32 Å². The van der Waals surface area contributed by atoms with Crippen LogP contribution in [0.2, 0.25) is 0 Å². The molecule has 0 aliphatic carbocycles. The first kappa shape index (κ1) is 21.5. The Morgan fingerprint density at radius 3 is 2.27 bits per heavy atom. The predicted octanol–water partition coefficient (Wildman–Crippen LogP) is 3.81. The lowest BCUT2D eigenvalue weighted by atomic mass is 9.97. The number of amides is 1. The molecule has 1 atom stereocenters.